The number of carbonyl (C=O) groups is 1. The standard InChI is InChI=1S/C23H23N9O2/c1-13(2)14-5-4-8-32-18(14)11-17(29-32)20-19-15(24-12-25-19)7-10-31(20)23(33)22-27-26-21(34-22)16-6-9-30(3)28-16/h4-6,8-9,11-13,20H,7,10H2,1-3H3,(H,24,25)/t20-/m0/s1. The molecule has 5 aromatic heterocycles. The van der Waals surface area contributed by atoms with Crippen LogP contribution in [0.5, 0.6) is 0 Å². The van der Waals surface area contributed by atoms with E-state index in [0.29, 0.717) is 24.6 Å². The summed E-state index contributed by atoms with van der Waals surface area (Å²) in [6, 6.07) is 7.40. The average Bonchev–Trinajstić information content (AvgIpc) is 3.62. The molecule has 0 bridgehead atoms. The Bertz CT molecular complexity index is 1510. The minimum Gasteiger partial charge on any atom is -0.411 e. The van der Waals surface area contributed by atoms with Crippen molar-refractivity contribution >= 4 is 11.4 Å². The Morgan fingerprint density at radius 1 is 1.21 bits per heavy atom. The first-order valence-corrected chi connectivity index (χ1v) is 11.1. The summed E-state index contributed by atoms with van der Waals surface area (Å²) < 4.78 is 9.21. The molecule has 172 valence electrons. The summed E-state index contributed by atoms with van der Waals surface area (Å²) in [4.78, 5) is 23.0. The van der Waals surface area contributed by atoms with E-state index in [2.05, 4.69) is 45.2 Å². The molecule has 0 fully saturated rings. The Hall–Kier alpha value is -4.28. The van der Waals surface area contributed by atoms with E-state index in [1.165, 1.54) is 5.56 Å². The number of aryl methyl sites for hydroxylation is 1. The molecule has 1 atom stereocenters. The van der Waals surface area contributed by atoms with E-state index in [4.69, 9.17) is 9.52 Å². The second kappa shape index (κ2) is 7.65. The summed E-state index contributed by atoms with van der Waals surface area (Å²) in [6.45, 7) is 4.77. The van der Waals surface area contributed by atoms with Gasteiger partial charge in [0, 0.05) is 38.1 Å². The van der Waals surface area contributed by atoms with Gasteiger partial charge in [0.1, 0.15) is 11.7 Å². The molecular weight excluding hydrogens is 434 g/mol. The van der Waals surface area contributed by atoms with Gasteiger partial charge in [-0.2, -0.15) is 10.2 Å². The van der Waals surface area contributed by atoms with Crippen LogP contribution in [0.4, 0.5) is 0 Å². The van der Waals surface area contributed by atoms with Gasteiger partial charge in [0.2, 0.25) is 0 Å². The number of nitrogens with zero attached hydrogens (tertiary/aromatic N) is 8. The Kier molecular flexibility index (Phi) is 4.57. The molecule has 1 N–H and O–H groups in total. The van der Waals surface area contributed by atoms with Crippen molar-refractivity contribution in [2.24, 2.45) is 7.05 Å². The van der Waals surface area contributed by atoms with Gasteiger partial charge in [-0.05, 0) is 29.7 Å². The number of rotatable bonds is 4. The largest absolute Gasteiger partial charge is 0.411 e. The number of hydrogen-bond acceptors (Lipinski definition) is 7. The zero-order chi connectivity index (χ0) is 23.4. The van der Waals surface area contributed by atoms with Crippen molar-refractivity contribution in [3.8, 4) is 11.6 Å². The molecule has 0 saturated carbocycles. The van der Waals surface area contributed by atoms with E-state index >= 15 is 0 Å². The maximum Gasteiger partial charge on any atom is 0.312 e. The van der Waals surface area contributed by atoms with Gasteiger partial charge < -0.3 is 14.3 Å². The van der Waals surface area contributed by atoms with Crippen LogP contribution in [0.25, 0.3) is 17.1 Å². The summed E-state index contributed by atoms with van der Waals surface area (Å²) in [5.74, 6) is 0.0831. The number of carbonyl (C=O) groups excluding carboxylic acids is 1. The molecule has 6 rings (SSSR count). The lowest BCUT2D eigenvalue weighted by Gasteiger charge is -2.32. The molecule has 34 heavy (non-hydrogen) atoms. The summed E-state index contributed by atoms with van der Waals surface area (Å²) in [6.07, 6.45) is 5.99. The van der Waals surface area contributed by atoms with Crippen molar-refractivity contribution in [3.63, 3.8) is 0 Å². The molecule has 1 aliphatic rings. The predicted octanol–water partition coefficient (Wildman–Crippen LogP) is 2.75. The van der Waals surface area contributed by atoms with Crippen LogP contribution in [0.1, 0.15) is 59.1 Å². The fourth-order valence-electron chi connectivity index (χ4n) is 4.54. The van der Waals surface area contributed by atoms with Crippen LogP contribution in [0, 0.1) is 0 Å². The van der Waals surface area contributed by atoms with Gasteiger partial charge in [-0.25, -0.2) is 9.50 Å². The summed E-state index contributed by atoms with van der Waals surface area (Å²) in [7, 11) is 1.80. The third-order valence-corrected chi connectivity index (χ3v) is 6.18. The number of hydrogen-bond donors (Lipinski definition) is 1. The van der Waals surface area contributed by atoms with E-state index in [1.807, 2.05) is 22.8 Å². The van der Waals surface area contributed by atoms with Crippen molar-refractivity contribution < 1.29 is 9.21 Å². The fraction of sp³-hybridized carbons (Fsp3) is 0.304. The number of nitrogens with one attached hydrogen (secondary N) is 1. The predicted molar refractivity (Wildman–Crippen MR) is 121 cm³/mol. The van der Waals surface area contributed by atoms with Crippen molar-refractivity contribution in [2.45, 2.75) is 32.2 Å². The van der Waals surface area contributed by atoms with Crippen LogP contribution in [0.3, 0.4) is 0 Å². The summed E-state index contributed by atoms with van der Waals surface area (Å²) >= 11 is 0. The quantitative estimate of drug-likeness (QED) is 0.440. The van der Waals surface area contributed by atoms with E-state index in [1.54, 1.807) is 35.2 Å². The Labute approximate surface area is 194 Å². The third kappa shape index (κ3) is 3.19. The van der Waals surface area contributed by atoms with Gasteiger partial charge in [-0.1, -0.05) is 19.9 Å². The summed E-state index contributed by atoms with van der Waals surface area (Å²) in [5.41, 5.74) is 5.22. The molecule has 0 saturated heterocycles. The maximum atomic E-state index is 13.6. The summed E-state index contributed by atoms with van der Waals surface area (Å²) in [5, 5.41) is 17.1. The van der Waals surface area contributed by atoms with E-state index in [9.17, 15) is 4.79 Å². The molecule has 1 amide bonds. The lowest BCUT2D eigenvalue weighted by molar-refractivity contribution is 0.0646. The number of aromatic amines is 1. The third-order valence-electron chi connectivity index (χ3n) is 6.18. The normalized spacial score (nSPS) is 15.9. The van der Waals surface area contributed by atoms with Crippen LogP contribution >= 0.6 is 0 Å². The lowest BCUT2D eigenvalue weighted by atomic mass is 9.98. The highest BCUT2D eigenvalue weighted by Crippen LogP contribution is 2.35. The first-order chi connectivity index (χ1) is 16.5. The van der Waals surface area contributed by atoms with E-state index in [0.717, 1.165) is 22.6 Å². The zero-order valence-corrected chi connectivity index (χ0v) is 19.0. The maximum absolute atomic E-state index is 13.6. The van der Waals surface area contributed by atoms with E-state index < -0.39 is 6.04 Å². The first-order valence-electron chi connectivity index (χ1n) is 11.1. The number of amides is 1. The average molecular weight is 457 g/mol. The highest BCUT2D eigenvalue weighted by atomic mass is 16.4. The Morgan fingerprint density at radius 3 is 2.88 bits per heavy atom. The van der Waals surface area contributed by atoms with E-state index in [-0.39, 0.29) is 17.7 Å². The molecule has 0 aromatic carbocycles. The van der Waals surface area contributed by atoms with Crippen LogP contribution in [0.2, 0.25) is 0 Å². The van der Waals surface area contributed by atoms with Gasteiger partial charge in [0.15, 0.2) is 0 Å². The van der Waals surface area contributed by atoms with Crippen molar-refractivity contribution in [2.75, 3.05) is 6.54 Å². The molecular formula is C23H23N9O2. The van der Waals surface area contributed by atoms with Gasteiger partial charge >= 0.3 is 11.8 Å². The molecule has 5 aromatic rings. The first kappa shape index (κ1) is 20.3. The van der Waals surface area contributed by atoms with Crippen molar-refractivity contribution in [3.05, 3.63) is 71.5 Å². The second-order valence-electron chi connectivity index (χ2n) is 8.72. The molecule has 0 spiro atoms. The van der Waals surface area contributed by atoms with Gasteiger partial charge in [-0.3, -0.25) is 9.48 Å². The van der Waals surface area contributed by atoms with Gasteiger partial charge in [-0.15, -0.1) is 10.2 Å². The fourth-order valence-corrected chi connectivity index (χ4v) is 4.54. The Balaban J connectivity index is 1.41. The highest BCUT2D eigenvalue weighted by molar-refractivity contribution is 5.90. The van der Waals surface area contributed by atoms with Crippen molar-refractivity contribution in [1.82, 2.24) is 44.5 Å². The Morgan fingerprint density at radius 2 is 2.09 bits per heavy atom. The molecule has 0 aliphatic carbocycles. The molecule has 11 heteroatoms. The zero-order valence-electron chi connectivity index (χ0n) is 19.0. The van der Waals surface area contributed by atoms with Crippen molar-refractivity contribution in [1.29, 1.82) is 0 Å². The highest BCUT2D eigenvalue weighted by Gasteiger charge is 2.38. The molecule has 0 unspecified atom stereocenters. The van der Waals surface area contributed by atoms with Gasteiger partial charge in [0.05, 0.1) is 23.2 Å². The molecule has 6 heterocycles. The minimum absolute atomic E-state index is 0.0868. The number of aromatic nitrogens is 8. The van der Waals surface area contributed by atoms with Gasteiger partial charge in [0.25, 0.3) is 5.89 Å². The number of pyridine rings is 1. The molecule has 11 nitrogen and oxygen atoms in total. The van der Waals surface area contributed by atoms with Crippen LogP contribution in [-0.4, -0.2) is 56.9 Å². The lowest BCUT2D eigenvalue weighted by Crippen LogP contribution is -2.41. The SMILES string of the molecule is CC(C)c1cccn2nc([C@H]3c4nc[nH]c4CCN3C(=O)c3nnc(-c4ccn(C)n4)o3)cc12. The van der Waals surface area contributed by atoms with Crippen LogP contribution in [-0.2, 0) is 13.5 Å². The van der Waals surface area contributed by atoms with Crippen LogP contribution < -0.4 is 0 Å². The molecule has 1 aliphatic heterocycles. The topological polar surface area (TPSA) is 123 Å². The smallest absolute Gasteiger partial charge is 0.312 e. The van der Waals surface area contributed by atoms with Crippen LogP contribution in [0.15, 0.2) is 47.4 Å². The molecule has 0 radical (unpaired) electrons. The second-order valence-corrected chi connectivity index (χ2v) is 8.72. The number of fused-ring (bicyclic) bond motifs is 2. The number of H-pyrrole nitrogens is 1. The monoisotopic (exact) mass is 457 g/mol. The number of imidazole rings is 1. The minimum atomic E-state index is -0.479.